The van der Waals surface area contributed by atoms with E-state index < -0.39 is 28.4 Å². The maximum absolute atomic E-state index is 13.2. The van der Waals surface area contributed by atoms with E-state index in [1.165, 1.54) is 0 Å². The molecule has 0 atom stereocenters. The van der Waals surface area contributed by atoms with Crippen LogP contribution < -0.4 is 10.5 Å². The predicted octanol–water partition coefficient (Wildman–Crippen LogP) is -0.0227. The van der Waals surface area contributed by atoms with Crippen molar-refractivity contribution in [3.05, 3.63) is 29.6 Å². The Labute approximate surface area is 122 Å². The summed E-state index contributed by atoms with van der Waals surface area (Å²) in [6.45, 7) is 1.24. The van der Waals surface area contributed by atoms with E-state index >= 15 is 0 Å². The summed E-state index contributed by atoms with van der Waals surface area (Å²) < 4.78 is 44.1. The molecule has 0 unspecified atom stereocenters. The smallest absolute Gasteiger partial charge is 0.321 e. The van der Waals surface area contributed by atoms with Gasteiger partial charge in [0.2, 0.25) is 10.0 Å². The summed E-state index contributed by atoms with van der Waals surface area (Å²) in [7, 11) is -4.01. The first-order valence-corrected chi connectivity index (χ1v) is 7.52. The molecule has 0 bridgehead atoms. The standard InChI is InChI=1S/C13H15FN2O4S/c1-2-20-13(17)9-16-21(18,19)12-6-5-11(14)8-10(12)4-3-7-15/h5-6,8,16H,2,7,9,15H2,1H3. The predicted molar refractivity (Wildman–Crippen MR) is 74.2 cm³/mol. The lowest BCUT2D eigenvalue weighted by Crippen LogP contribution is -2.31. The minimum atomic E-state index is -4.01. The van der Waals surface area contributed by atoms with Crippen LogP contribution in [-0.4, -0.2) is 34.1 Å². The molecule has 0 fully saturated rings. The molecule has 0 saturated heterocycles. The number of benzene rings is 1. The van der Waals surface area contributed by atoms with E-state index in [0.29, 0.717) is 0 Å². The average Bonchev–Trinajstić information content (AvgIpc) is 2.43. The van der Waals surface area contributed by atoms with Crippen LogP contribution in [0.5, 0.6) is 0 Å². The van der Waals surface area contributed by atoms with Crippen LogP contribution in [0.4, 0.5) is 4.39 Å². The molecule has 0 spiro atoms. The van der Waals surface area contributed by atoms with Gasteiger partial charge >= 0.3 is 5.97 Å². The lowest BCUT2D eigenvalue weighted by atomic mass is 10.2. The van der Waals surface area contributed by atoms with Gasteiger partial charge in [-0.3, -0.25) is 4.79 Å². The van der Waals surface area contributed by atoms with Crippen LogP contribution in [-0.2, 0) is 19.6 Å². The fourth-order valence-electron chi connectivity index (χ4n) is 1.42. The van der Waals surface area contributed by atoms with Crippen molar-refractivity contribution in [1.82, 2.24) is 4.72 Å². The highest BCUT2D eigenvalue weighted by Crippen LogP contribution is 2.16. The molecule has 1 aromatic carbocycles. The third kappa shape index (κ3) is 5.15. The van der Waals surface area contributed by atoms with Crippen LogP contribution in [0.1, 0.15) is 12.5 Å². The van der Waals surface area contributed by atoms with Gasteiger partial charge in [0.05, 0.1) is 18.0 Å². The molecule has 1 aromatic rings. The van der Waals surface area contributed by atoms with E-state index in [2.05, 4.69) is 21.3 Å². The minimum absolute atomic E-state index is 0.00621. The van der Waals surface area contributed by atoms with Crippen molar-refractivity contribution in [2.24, 2.45) is 5.73 Å². The molecule has 3 N–H and O–H groups in total. The second-order valence-electron chi connectivity index (χ2n) is 3.78. The molecule has 8 heteroatoms. The lowest BCUT2D eigenvalue weighted by molar-refractivity contribution is -0.141. The van der Waals surface area contributed by atoms with Crippen molar-refractivity contribution < 1.29 is 22.3 Å². The van der Waals surface area contributed by atoms with Crippen LogP contribution in [0.15, 0.2) is 23.1 Å². The minimum Gasteiger partial charge on any atom is -0.465 e. The number of nitrogens with one attached hydrogen (secondary N) is 1. The van der Waals surface area contributed by atoms with Crippen molar-refractivity contribution in [2.75, 3.05) is 19.7 Å². The molecule has 21 heavy (non-hydrogen) atoms. The highest BCUT2D eigenvalue weighted by molar-refractivity contribution is 7.89. The number of hydrogen-bond acceptors (Lipinski definition) is 5. The Bertz CT molecular complexity index is 677. The van der Waals surface area contributed by atoms with Gasteiger partial charge in [-0.15, -0.1) is 0 Å². The molecule has 0 amide bonds. The molecular formula is C13H15FN2O4S. The van der Waals surface area contributed by atoms with E-state index in [0.717, 1.165) is 18.2 Å². The van der Waals surface area contributed by atoms with Crippen molar-refractivity contribution >= 4 is 16.0 Å². The molecular weight excluding hydrogens is 299 g/mol. The van der Waals surface area contributed by atoms with Gasteiger partial charge in [0.1, 0.15) is 12.4 Å². The van der Waals surface area contributed by atoms with Gasteiger partial charge in [0.25, 0.3) is 0 Å². The molecule has 0 aliphatic carbocycles. The van der Waals surface area contributed by atoms with Gasteiger partial charge in [-0.1, -0.05) is 11.8 Å². The first-order chi connectivity index (χ1) is 9.90. The van der Waals surface area contributed by atoms with Crippen LogP contribution >= 0.6 is 0 Å². The van der Waals surface area contributed by atoms with Gasteiger partial charge in [0, 0.05) is 5.56 Å². The van der Waals surface area contributed by atoms with E-state index in [4.69, 9.17) is 5.73 Å². The molecule has 114 valence electrons. The molecule has 0 radical (unpaired) electrons. The highest BCUT2D eigenvalue weighted by Gasteiger charge is 2.19. The summed E-state index contributed by atoms with van der Waals surface area (Å²) in [5.74, 6) is 3.60. The van der Waals surface area contributed by atoms with E-state index in [9.17, 15) is 17.6 Å². The number of nitrogens with two attached hydrogens (primary N) is 1. The molecule has 0 heterocycles. The molecule has 0 aromatic heterocycles. The zero-order valence-electron chi connectivity index (χ0n) is 11.3. The zero-order valence-corrected chi connectivity index (χ0v) is 12.2. The number of esters is 1. The lowest BCUT2D eigenvalue weighted by Gasteiger charge is -2.08. The second-order valence-corrected chi connectivity index (χ2v) is 5.51. The van der Waals surface area contributed by atoms with Crippen LogP contribution in [0.3, 0.4) is 0 Å². The van der Waals surface area contributed by atoms with Crippen molar-refractivity contribution in [3.63, 3.8) is 0 Å². The van der Waals surface area contributed by atoms with E-state index in [1.54, 1.807) is 6.92 Å². The Kier molecular flexibility index (Phi) is 6.30. The summed E-state index contributed by atoms with van der Waals surface area (Å²) in [6.07, 6.45) is 0. The Balaban J connectivity index is 3.05. The Morgan fingerprint density at radius 3 is 2.81 bits per heavy atom. The quantitative estimate of drug-likeness (QED) is 0.588. The molecule has 0 aliphatic rings. The van der Waals surface area contributed by atoms with Crippen molar-refractivity contribution in [2.45, 2.75) is 11.8 Å². The Morgan fingerprint density at radius 2 is 2.19 bits per heavy atom. The number of carbonyl (C=O) groups excluding carboxylic acids is 1. The normalized spacial score (nSPS) is 10.6. The van der Waals surface area contributed by atoms with Crippen molar-refractivity contribution in [1.29, 1.82) is 0 Å². The van der Waals surface area contributed by atoms with Gasteiger partial charge < -0.3 is 10.5 Å². The number of hydrogen-bond donors (Lipinski definition) is 2. The van der Waals surface area contributed by atoms with Crippen LogP contribution in [0, 0.1) is 17.7 Å². The third-order valence-electron chi connectivity index (χ3n) is 2.27. The second kappa shape index (κ2) is 7.73. The molecule has 0 aliphatic heterocycles. The molecule has 1 rings (SSSR count). The summed E-state index contributed by atoms with van der Waals surface area (Å²) in [6, 6.07) is 3.05. The van der Waals surface area contributed by atoms with Gasteiger partial charge in [0.15, 0.2) is 0 Å². The number of sulfonamides is 1. The van der Waals surface area contributed by atoms with Crippen LogP contribution in [0.2, 0.25) is 0 Å². The Morgan fingerprint density at radius 1 is 1.48 bits per heavy atom. The van der Waals surface area contributed by atoms with E-state index in [-0.39, 0.29) is 23.6 Å². The zero-order chi connectivity index (χ0) is 15.9. The maximum Gasteiger partial charge on any atom is 0.321 e. The topological polar surface area (TPSA) is 98.5 Å². The number of halogens is 1. The fourth-order valence-corrected chi connectivity index (χ4v) is 2.53. The highest BCUT2D eigenvalue weighted by atomic mass is 32.2. The summed E-state index contributed by atoms with van der Waals surface area (Å²) in [4.78, 5) is 11.0. The summed E-state index contributed by atoms with van der Waals surface area (Å²) >= 11 is 0. The van der Waals surface area contributed by atoms with Gasteiger partial charge in [-0.05, 0) is 25.1 Å². The number of carbonyl (C=O) groups is 1. The van der Waals surface area contributed by atoms with E-state index in [1.807, 2.05) is 0 Å². The summed E-state index contributed by atoms with van der Waals surface area (Å²) in [5, 5.41) is 0. The Hall–Kier alpha value is -1.95. The van der Waals surface area contributed by atoms with Crippen molar-refractivity contribution in [3.8, 4) is 11.8 Å². The monoisotopic (exact) mass is 314 g/mol. The molecule has 6 nitrogen and oxygen atoms in total. The fraction of sp³-hybridized carbons (Fsp3) is 0.308. The number of rotatable bonds is 5. The molecule has 0 saturated carbocycles. The summed E-state index contributed by atoms with van der Waals surface area (Å²) in [5.41, 5.74) is 5.18. The number of ether oxygens (including phenoxy) is 1. The largest absolute Gasteiger partial charge is 0.465 e. The SMILES string of the molecule is CCOC(=O)CNS(=O)(=O)c1ccc(F)cc1C#CCN. The van der Waals surface area contributed by atoms with Crippen LogP contribution in [0.25, 0.3) is 0 Å². The average molecular weight is 314 g/mol. The first kappa shape index (κ1) is 17.1. The third-order valence-corrected chi connectivity index (χ3v) is 3.73. The first-order valence-electron chi connectivity index (χ1n) is 6.04. The van der Waals surface area contributed by atoms with Gasteiger partial charge in [-0.2, -0.15) is 4.72 Å². The van der Waals surface area contributed by atoms with Gasteiger partial charge in [-0.25, -0.2) is 12.8 Å². The maximum atomic E-state index is 13.2.